The average molecular weight is 345 g/mol. The molecule has 1 saturated heterocycles. The lowest BCUT2D eigenvalue weighted by atomic mass is 9.70. The standard InChI is InChI=1S/C19H21ClN2S/c20-16-5-7-17(8-6-16)23-22-13-15-3-1-2-4-18(15)19(14-22)9-11-21-12-10-19/h1-8,21H,9-14H2. The summed E-state index contributed by atoms with van der Waals surface area (Å²) in [5, 5.41) is 4.32. The van der Waals surface area contributed by atoms with E-state index in [4.69, 9.17) is 11.6 Å². The summed E-state index contributed by atoms with van der Waals surface area (Å²) < 4.78 is 2.52. The fraction of sp³-hybridized carbons (Fsp3) is 0.368. The average Bonchev–Trinajstić information content (AvgIpc) is 2.58. The number of hydrogen-bond acceptors (Lipinski definition) is 3. The molecule has 2 nitrogen and oxygen atoms in total. The van der Waals surface area contributed by atoms with Gasteiger partial charge in [0.1, 0.15) is 0 Å². The molecule has 4 heteroatoms. The fourth-order valence-corrected chi connectivity index (χ4v) is 5.08. The molecule has 0 aliphatic carbocycles. The van der Waals surface area contributed by atoms with Crippen LogP contribution in [0.3, 0.4) is 0 Å². The van der Waals surface area contributed by atoms with Crippen LogP contribution < -0.4 is 5.32 Å². The Morgan fingerprint density at radius 1 is 1.00 bits per heavy atom. The first-order valence-corrected chi connectivity index (χ1v) is 9.38. The first kappa shape index (κ1) is 15.5. The predicted octanol–water partition coefficient (Wildman–Crippen LogP) is 4.48. The lowest BCUT2D eigenvalue weighted by molar-refractivity contribution is 0.225. The van der Waals surface area contributed by atoms with Gasteiger partial charge < -0.3 is 5.32 Å². The summed E-state index contributed by atoms with van der Waals surface area (Å²) in [6, 6.07) is 17.2. The quantitative estimate of drug-likeness (QED) is 0.808. The van der Waals surface area contributed by atoms with Gasteiger partial charge in [-0.1, -0.05) is 35.9 Å². The van der Waals surface area contributed by atoms with Crippen molar-refractivity contribution >= 4 is 23.5 Å². The van der Waals surface area contributed by atoms with Gasteiger partial charge in [-0.2, -0.15) is 0 Å². The molecular formula is C19H21ClN2S. The molecule has 0 amide bonds. The highest BCUT2D eigenvalue weighted by Gasteiger charge is 2.40. The van der Waals surface area contributed by atoms with Crippen LogP contribution in [0, 0.1) is 0 Å². The second-order valence-corrected chi connectivity index (χ2v) is 8.14. The molecule has 2 aliphatic rings. The van der Waals surface area contributed by atoms with E-state index in [-0.39, 0.29) is 0 Å². The number of nitrogens with zero attached hydrogens (tertiary/aromatic N) is 1. The molecule has 0 radical (unpaired) electrons. The van der Waals surface area contributed by atoms with Crippen molar-refractivity contribution in [1.29, 1.82) is 0 Å². The van der Waals surface area contributed by atoms with E-state index in [9.17, 15) is 0 Å². The number of nitrogens with one attached hydrogen (secondary N) is 1. The Morgan fingerprint density at radius 2 is 1.74 bits per heavy atom. The number of halogens is 1. The Hall–Kier alpha value is -1.00. The molecule has 2 aliphatic heterocycles. The summed E-state index contributed by atoms with van der Waals surface area (Å²) in [6.07, 6.45) is 2.45. The van der Waals surface area contributed by atoms with Crippen LogP contribution in [0.2, 0.25) is 5.02 Å². The van der Waals surface area contributed by atoms with Crippen LogP contribution >= 0.6 is 23.5 Å². The van der Waals surface area contributed by atoms with Gasteiger partial charge in [-0.3, -0.25) is 0 Å². The zero-order chi connectivity index (χ0) is 15.7. The SMILES string of the molecule is Clc1ccc(SN2Cc3ccccc3C3(CCNCC3)C2)cc1. The molecule has 2 aromatic carbocycles. The van der Waals surface area contributed by atoms with E-state index >= 15 is 0 Å². The van der Waals surface area contributed by atoms with Crippen LogP contribution in [0.4, 0.5) is 0 Å². The minimum Gasteiger partial charge on any atom is -0.317 e. The molecule has 1 fully saturated rings. The molecule has 120 valence electrons. The van der Waals surface area contributed by atoms with Crippen molar-refractivity contribution in [1.82, 2.24) is 9.62 Å². The summed E-state index contributed by atoms with van der Waals surface area (Å²) in [4.78, 5) is 1.26. The molecule has 1 N–H and O–H groups in total. The zero-order valence-corrected chi connectivity index (χ0v) is 14.7. The van der Waals surface area contributed by atoms with E-state index in [0.717, 1.165) is 31.2 Å². The maximum atomic E-state index is 6.01. The summed E-state index contributed by atoms with van der Waals surface area (Å²) in [5.74, 6) is 0. The number of piperidine rings is 1. The minimum absolute atomic E-state index is 0.305. The summed E-state index contributed by atoms with van der Waals surface area (Å²) in [7, 11) is 0. The van der Waals surface area contributed by atoms with E-state index in [1.54, 1.807) is 5.56 Å². The molecule has 0 atom stereocenters. The lowest BCUT2D eigenvalue weighted by Gasteiger charge is -2.46. The van der Waals surface area contributed by atoms with Gasteiger partial charge in [-0.05, 0) is 73.3 Å². The molecule has 2 aromatic rings. The number of fused-ring (bicyclic) bond motifs is 2. The molecule has 4 rings (SSSR count). The maximum absolute atomic E-state index is 6.01. The van der Waals surface area contributed by atoms with Crippen molar-refractivity contribution in [2.75, 3.05) is 19.6 Å². The van der Waals surface area contributed by atoms with E-state index in [1.807, 2.05) is 24.1 Å². The predicted molar refractivity (Wildman–Crippen MR) is 97.9 cm³/mol. The molecule has 23 heavy (non-hydrogen) atoms. The van der Waals surface area contributed by atoms with Crippen molar-refractivity contribution in [3.63, 3.8) is 0 Å². The highest BCUT2D eigenvalue weighted by molar-refractivity contribution is 7.97. The van der Waals surface area contributed by atoms with Gasteiger partial charge in [0.05, 0.1) is 0 Å². The van der Waals surface area contributed by atoms with Crippen molar-refractivity contribution in [3.05, 3.63) is 64.7 Å². The Kier molecular flexibility index (Phi) is 4.37. The Labute approximate surface area is 147 Å². The molecule has 0 unspecified atom stereocenters. The van der Waals surface area contributed by atoms with Crippen molar-refractivity contribution < 1.29 is 0 Å². The third-order valence-corrected chi connectivity index (χ3v) is 6.27. The topological polar surface area (TPSA) is 15.3 Å². The molecule has 2 heterocycles. The molecule has 1 spiro atoms. The minimum atomic E-state index is 0.305. The second-order valence-electron chi connectivity index (χ2n) is 6.53. The summed E-state index contributed by atoms with van der Waals surface area (Å²) in [5.41, 5.74) is 3.37. The third kappa shape index (κ3) is 3.16. The Bertz CT molecular complexity index is 680. The molecule has 0 bridgehead atoms. The highest BCUT2D eigenvalue weighted by atomic mass is 35.5. The molecule has 0 saturated carbocycles. The maximum Gasteiger partial charge on any atom is 0.0406 e. The monoisotopic (exact) mass is 344 g/mol. The van der Waals surface area contributed by atoms with Crippen molar-refractivity contribution in [2.45, 2.75) is 29.7 Å². The van der Waals surface area contributed by atoms with Gasteiger partial charge in [0.2, 0.25) is 0 Å². The van der Waals surface area contributed by atoms with Gasteiger partial charge >= 0.3 is 0 Å². The molecular weight excluding hydrogens is 324 g/mol. The van der Waals surface area contributed by atoms with Crippen LogP contribution in [0.5, 0.6) is 0 Å². The van der Waals surface area contributed by atoms with E-state index in [1.165, 1.54) is 23.3 Å². The van der Waals surface area contributed by atoms with E-state index < -0.39 is 0 Å². The first-order chi connectivity index (χ1) is 11.3. The van der Waals surface area contributed by atoms with E-state index in [2.05, 4.69) is 46.0 Å². The van der Waals surface area contributed by atoms with Crippen LogP contribution in [-0.4, -0.2) is 23.9 Å². The smallest absolute Gasteiger partial charge is 0.0406 e. The number of hydrogen-bond donors (Lipinski definition) is 1. The number of rotatable bonds is 2. The van der Waals surface area contributed by atoms with Gasteiger partial charge in [-0.25, -0.2) is 4.31 Å². The molecule has 0 aromatic heterocycles. The van der Waals surface area contributed by atoms with Crippen LogP contribution in [0.25, 0.3) is 0 Å². The van der Waals surface area contributed by atoms with E-state index in [0.29, 0.717) is 5.41 Å². The van der Waals surface area contributed by atoms with Crippen LogP contribution in [-0.2, 0) is 12.0 Å². The summed E-state index contributed by atoms with van der Waals surface area (Å²) in [6.45, 7) is 4.37. The van der Waals surface area contributed by atoms with Gasteiger partial charge in [-0.15, -0.1) is 0 Å². The summed E-state index contributed by atoms with van der Waals surface area (Å²) >= 11 is 7.87. The normalized spacial score (nSPS) is 20.4. The Balaban J connectivity index is 1.62. The first-order valence-electron chi connectivity index (χ1n) is 8.23. The van der Waals surface area contributed by atoms with Crippen molar-refractivity contribution in [3.8, 4) is 0 Å². The third-order valence-electron chi connectivity index (χ3n) is 5.02. The van der Waals surface area contributed by atoms with Gasteiger partial charge in [0, 0.05) is 28.4 Å². The second kappa shape index (κ2) is 6.48. The van der Waals surface area contributed by atoms with Gasteiger partial charge in [0.25, 0.3) is 0 Å². The van der Waals surface area contributed by atoms with Gasteiger partial charge in [0.15, 0.2) is 0 Å². The fourth-order valence-electron chi connectivity index (χ4n) is 3.89. The van der Waals surface area contributed by atoms with Crippen molar-refractivity contribution in [2.24, 2.45) is 0 Å². The largest absolute Gasteiger partial charge is 0.317 e. The number of benzene rings is 2. The lowest BCUT2D eigenvalue weighted by Crippen LogP contribution is -2.49. The van der Waals surface area contributed by atoms with Crippen LogP contribution in [0.1, 0.15) is 24.0 Å². The Morgan fingerprint density at radius 3 is 2.52 bits per heavy atom. The van der Waals surface area contributed by atoms with Crippen LogP contribution in [0.15, 0.2) is 53.4 Å². The highest BCUT2D eigenvalue weighted by Crippen LogP contribution is 2.43. The zero-order valence-electron chi connectivity index (χ0n) is 13.1.